The molecule has 0 saturated carbocycles. The first kappa shape index (κ1) is 20.2. The van der Waals surface area contributed by atoms with Gasteiger partial charge in [-0.3, -0.25) is 0 Å². The van der Waals surface area contributed by atoms with Gasteiger partial charge in [-0.2, -0.15) is 4.72 Å². The van der Waals surface area contributed by atoms with Crippen molar-refractivity contribution in [3.8, 4) is 0 Å². The molecule has 1 atom stereocenters. The van der Waals surface area contributed by atoms with Gasteiger partial charge in [-0.05, 0) is 30.7 Å². The lowest BCUT2D eigenvalue weighted by Crippen LogP contribution is -3.14. The second kappa shape index (κ2) is 8.67. The minimum atomic E-state index is -3.85. The minimum absolute atomic E-state index is 0.0528. The van der Waals surface area contributed by atoms with Gasteiger partial charge < -0.3 is 9.64 Å². The first-order chi connectivity index (χ1) is 12.8. The second-order valence-corrected chi connectivity index (χ2v) is 8.85. The summed E-state index contributed by atoms with van der Waals surface area (Å²) in [5.74, 6) is -0.650. The Morgan fingerprint density at radius 3 is 2.48 bits per heavy atom. The van der Waals surface area contributed by atoms with Gasteiger partial charge in [0.05, 0.1) is 35.7 Å². The summed E-state index contributed by atoms with van der Waals surface area (Å²) in [6.45, 7) is 5.56. The summed E-state index contributed by atoms with van der Waals surface area (Å²) in [4.78, 5) is 1.22. The molecule has 27 heavy (non-hydrogen) atoms. The van der Waals surface area contributed by atoms with Gasteiger partial charge in [0.15, 0.2) is 0 Å². The van der Waals surface area contributed by atoms with Crippen molar-refractivity contribution >= 4 is 21.6 Å². The van der Waals surface area contributed by atoms with Crippen LogP contribution < -0.4 is 9.62 Å². The van der Waals surface area contributed by atoms with Crippen LogP contribution in [0.3, 0.4) is 0 Å². The molecule has 0 unspecified atom stereocenters. The first-order valence-corrected chi connectivity index (χ1v) is 10.7. The molecule has 1 fully saturated rings. The maximum absolute atomic E-state index is 13.4. The van der Waals surface area contributed by atoms with E-state index < -0.39 is 21.9 Å². The third-order valence-electron chi connectivity index (χ3n) is 4.67. The van der Waals surface area contributed by atoms with Crippen molar-refractivity contribution in [3.63, 3.8) is 0 Å². The van der Waals surface area contributed by atoms with Gasteiger partial charge in [0, 0.05) is 0 Å². The predicted octanol–water partition coefficient (Wildman–Crippen LogP) is 1.72. The van der Waals surface area contributed by atoms with E-state index in [0.717, 1.165) is 36.3 Å². The number of sulfonamides is 1. The highest BCUT2D eigenvalue weighted by Gasteiger charge is 2.27. The normalized spacial score (nSPS) is 17.0. The van der Waals surface area contributed by atoms with E-state index in [1.807, 2.05) is 31.2 Å². The summed E-state index contributed by atoms with van der Waals surface area (Å²) >= 11 is 5.76. The number of rotatable bonds is 6. The molecule has 0 aliphatic carbocycles. The highest BCUT2D eigenvalue weighted by atomic mass is 35.5. The number of hydrogen-bond donors (Lipinski definition) is 2. The van der Waals surface area contributed by atoms with Crippen LogP contribution in [0.2, 0.25) is 5.02 Å². The van der Waals surface area contributed by atoms with Crippen molar-refractivity contribution < 1.29 is 22.4 Å². The lowest BCUT2D eigenvalue weighted by molar-refractivity contribution is -0.909. The number of aryl methyl sites for hydroxylation is 1. The third-order valence-corrected chi connectivity index (χ3v) is 6.43. The van der Waals surface area contributed by atoms with Crippen LogP contribution in [0.25, 0.3) is 0 Å². The van der Waals surface area contributed by atoms with E-state index in [1.54, 1.807) is 0 Å². The zero-order valence-corrected chi connectivity index (χ0v) is 16.6. The highest BCUT2D eigenvalue weighted by Crippen LogP contribution is 2.22. The predicted molar refractivity (Wildman–Crippen MR) is 102 cm³/mol. The van der Waals surface area contributed by atoms with Crippen molar-refractivity contribution in [1.29, 1.82) is 0 Å². The quantitative estimate of drug-likeness (QED) is 0.758. The van der Waals surface area contributed by atoms with Crippen LogP contribution in [0, 0.1) is 12.7 Å². The van der Waals surface area contributed by atoms with E-state index in [4.69, 9.17) is 16.3 Å². The average molecular weight is 414 g/mol. The Labute approximate surface area is 164 Å². The lowest BCUT2D eigenvalue weighted by Gasteiger charge is -2.28. The molecule has 2 N–H and O–H groups in total. The fourth-order valence-electron chi connectivity index (χ4n) is 3.08. The van der Waals surface area contributed by atoms with Gasteiger partial charge in [-0.15, -0.1) is 0 Å². The van der Waals surface area contributed by atoms with Crippen LogP contribution >= 0.6 is 11.6 Å². The summed E-state index contributed by atoms with van der Waals surface area (Å²) < 4.78 is 47.3. The molecule has 0 bridgehead atoms. The minimum Gasteiger partial charge on any atom is -0.370 e. The third kappa shape index (κ3) is 5.27. The van der Waals surface area contributed by atoms with E-state index in [0.29, 0.717) is 19.8 Å². The number of nitrogens with one attached hydrogen (secondary N) is 2. The summed E-state index contributed by atoms with van der Waals surface area (Å²) in [6.07, 6.45) is 0. The van der Waals surface area contributed by atoms with Crippen molar-refractivity contribution in [2.24, 2.45) is 0 Å². The van der Waals surface area contributed by atoms with Gasteiger partial charge in [-0.25, -0.2) is 12.8 Å². The number of halogens is 2. The van der Waals surface area contributed by atoms with Gasteiger partial charge in [-0.1, -0.05) is 41.4 Å². The van der Waals surface area contributed by atoms with Gasteiger partial charge in [0.25, 0.3) is 0 Å². The number of ether oxygens (including phenoxy) is 1. The monoisotopic (exact) mass is 413 g/mol. The van der Waals surface area contributed by atoms with E-state index in [-0.39, 0.29) is 9.92 Å². The van der Waals surface area contributed by atoms with Crippen LogP contribution in [0.15, 0.2) is 47.4 Å². The first-order valence-electron chi connectivity index (χ1n) is 8.80. The average Bonchev–Trinajstić information content (AvgIpc) is 2.64. The molecule has 0 aromatic heterocycles. The number of hydrogen-bond acceptors (Lipinski definition) is 3. The van der Waals surface area contributed by atoms with Crippen LogP contribution in [-0.4, -0.2) is 41.3 Å². The Bertz CT molecular complexity index is 884. The topological polar surface area (TPSA) is 59.8 Å². The summed E-state index contributed by atoms with van der Waals surface area (Å²) in [7, 11) is -3.85. The molecule has 2 aromatic rings. The Kier molecular flexibility index (Phi) is 6.49. The Morgan fingerprint density at radius 2 is 1.85 bits per heavy atom. The summed E-state index contributed by atoms with van der Waals surface area (Å²) in [6, 6.07) is 10.8. The molecule has 0 radical (unpaired) electrons. The molecule has 8 heteroatoms. The molecule has 2 aromatic carbocycles. The van der Waals surface area contributed by atoms with Crippen LogP contribution in [0.1, 0.15) is 17.2 Å². The van der Waals surface area contributed by atoms with Crippen molar-refractivity contribution in [1.82, 2.24) is 4.72 Å². The lowest BCUT2D eigenvalue weighted by atomic mass is 10.1. The fraction of sp³-hybridized carbons (Fsp3) is 0.368. The summed E-state index contributed by atoms with van der Waals surface area (Å²) in [5.41, 5.74) is 1.99. The fourth-order valence-corrected chi connectivity index (χ4v) is 4.57. The Balaban J connectivity index is 1.86. The molecular weight excluding hydrogens is 391 g/mol. The number of benzene rings is 2. The largest absolute Gasteiger partial charge is 0.370 e. The standard InChI is InChI=1S/C19H22ClFN2O3S/c1-14-2-4-15(5-3-14)19(13-23-8-10-26-11-9-23)22-27(24,25)16-6-7-18(21)17(20)12-16/h2-7,12,19,22H,8-11,13H2,1H3/p+1/t19-/m0/s1. The Hall–Kier alpha value is -1.51. The number of quaternary nitrogens is 1. The van der Waals surface area contributed by atoms with Crippen LogP contribution in [0.5, 0.6) is 0 Å². The second-order valence-electron chi connectivity index (χ2n) is 6.73. The molecule has 0 spiro atoms. The maximum Gasteiger partial charge on any atom is 0.241 e. The van der Waals surface area contributed by atoms with Crippen molar-refractivity contribution in [2.75, 3.05) is 32.8 Å². The molecule has 1 aliphatic heterocycles. The molecule has 146 valence electrons. The maximum atomic E-state index is 13.4. The summed E-state index contributed by atoms with van der Waals surface area (Å²) in [5, 5.41) is -0.219. The van der Waals surface area contributed by atoms with Gasteiger partial charge in [0.2, 0.25) is 10.0 Å². The molecule has 1 aliphatic rings. The van der Waals surface area contributed by atoms with E-state index >= 15 is 0 Å². The van der Waals surface area contributed by atoms with Crippen molar-refractivity contribution in [2.45, 2.75) is 17.9 Å². The van der Waals surface area contributed by atoms with E-state index in [9.17, 15) is 12.8 Å². The van der Waals surface area contributed by atoms with E-state index in [1.165, 1.54) is 11.0 Å². The van der Waals surface area contributed by atoms with Crippen LogP contribution in [-0.2, 0) is 14.8 Å². The van der Waals surface area contributed by atoms with Crippen molar-refractivity contribution in [3.05, 3.63) is 64.4 Å². The van der Waals surface area contributed by atoms with Crippen LogP contribution in [0.4, 0.5) is 4.39 Å². The van der Waals surface area contributed by atoms with E-state index in [2.05, 4.69) is 4.72 Å². The van der Waals surface area contributed by atoms with Gasteiger partial charge in [0.1, 0.15) is 18.9 Å². The molecule has 1 heterocycles. The molecule has 5 nitrogen and oxygen atoms in total. The smallest absolute Gasteiger partial charge is 0.241 e. The highest BCUT2D eigenvalue weighted by molar-refractivity contribution is 7.89. The SMILES string of the molecule is Cc1ccc([C@H](C[NH+]2CCOCC2)NS(=O)(=O)c2ccc(F)c(Cl)c2)cc1. The number of morpholine rings is 1. The zero-order chi connectivity index (χ0) is 19.4. The molecular formula is C19H23ClFN2O3S+. The molecule has 3 rings (SSSR count). The molecule has 1 saturated heterocycles. The zero-order valence-electron chi connectivity index (χ0n) is 15.0. The Morgan fingerprint density at radius 1 is 1.19 bits per heavy atom. The van der Waals surface area contributed by atoms with Gasteiger partial charge >= 0.3 is 0 Å². The molecule has 0 amide bonds.